The van der Waals surface area contributed by atoms with Gasteiger partial charge in [-0.05, 0) is 126 Å². The van der Waals surface area contributed by atoms with E-state index in [1.165, 1.54) is 95.6 Å². The molecule has 666 valence electrons. The van der Waals surface area contributed by atoms with Gasteiger partial charge in [-0.1, -0.05) is 78.9 Å². The molecule has 0 radical (unpaired) electrons. The molecule has 125 heavy (non-hydrogen) atoms. The molecule has 0 saturated carbocycles. The summed E-state index contributed by atoms with van der Waals surface area (Å²) >= 11 is 29.3. The second-order valence-corrected chi connectivity index (χ2v) is 25.2. The molecule has 0 unspecified atom stereocenters. The number of nitrogens with zero attached hydrogens (tertiary/aromatic N) is 3. The number of ether oxygens (including phenoxy) is 10. The maximum absolute atomic E-state index is 12.5. The number of fused-ring (bicyclic) bond motifs is 1. The number of aromatic amines is 1. The fourth-order valence-electron chi connectivity index (χ4n) is 10.1. The fraction of sp³-hybridized carbons (Fsp3) is 0.225. The van der Waals surface area contributed by atoms with Gasteiger partial charge < -0.3 is 63.4 Å². The van der Waals surface area contributed by atoms with E-state index in [4.69, 9.17) is 94.4 Å². The molecular weight excluding hydrogens is 1750 g/mol. The summed E-state index contributed by atoms with van der Waals surface area (Å²) in [5, 5.41) is 15.6. The monoisotopic (exact) mass is 1830 g/mol. The summed E-state index contributed by atoms with van der Waals surface area (Å²) in [7, 11) is 4.96. The number of benzene rings is 6. The molecule has 0 atom stereocenters. The first-order valence-electron chi connectivity index (χ1n) is 35.5. The first-order valence-corrected chi connectivity index (χ1v) is 37.3. The number of nitro benzene ring substituents is 1. The average Bonchev–Trinajstić information content (AvgIpc) is 0.757. The summed E-state index contributed by atoms with van der Waals surface area (Å²) < 4.78 is 46.8. The Labute approximate surface area is 736 Å². The molecule has 2 aliphatic heterocycles. The number of nitrogens with one attached hydrogen (secondary N) is 8. The molecule has 9 aromatic rings. The number of anilines is 4. The van der Waals surface area contributed by atoms with Crippen LogP contribution in [0.3, 0.4) is 0 Å². The van der Waals surface area contributed by atoms with Crippen molar-refractivity contribution in [3.63, 3.8) is 0 Å². The van der Waals surface area contributed by atoms with Crippen LogP contribution in [0, 0.1) is 10.1 Å². The van der Waals surface area contributed by atoms with E-state index in [-0.39, 0.29) is 136 Å². The van der Waals surface area contributed by atoms with Crippen LogP contribution in [0.4, 0.5) is 28.4 Å². The van der Waals surface area contributed by atoms with Crippen molar-refractivity contribution < 1.29 is 115 Å². The normalized spacial score (nSPS) is 10.5. The van der Waals surface area contributed by atoms with Crippen molar-refractivity contribution in [3.05, 3.63) is 235 Å². The zero-order chi connectivity index (χ0) is 91.5. The molecule has 45 heteroatoms. The average molecular weight is 1840 g/mol. The minimum atomic E-state index is -0.830. The third-order valence-corrected chi connectivity index (χ3v) is 17.3. The van der Waals surface area contributed by atoms with Crippen LogP contribution in [0.15, 0.2) is 144 Å². The van der Waals surface area contributed by atoms with Gasteiger partial charge in [0.15, 0.2) is 11.1 Å². The van der Waals surface area contributed by atoms with E-state index in [1.807, 2.05) is 10.9 Å². The Morgan fingerprint density at radius 2 is 0.936 bits per heavy atom. The molecular formula is C80H85Cl5N14O26. The van der Waals surface area contributed by atoms with Crippen molar-refractivity contribution in [3.8, 4) is 0 Å². The molecule has 6 aromatic carbocycles. The topological polar surface area (TPSA) is 578 Å². The predicted octanol–water partition coefficient (Wildman–Crippen LogP) is 11.2. The lowest BCUT2D eigenvalue weighted by Gasteiger charge is -2.21. The van der Waals surface area contributed by atoms with Gasteiger partial charge in [0.25, 0.3) is 29.3 Å². The van der Waals surface area contributed by atoms with Crippen LogP contribution in [0.5, 0.6) is 0 Å². The molecule has 14 N–H and O–H groups in total. The van der Waals surface area contributed by atoms with Crippen molar-refractivity contribution >= 4 is 197 Å². The van der Waals surface area contributed by atoms with Gasteiger partial charge in [-0.15, -0.1) is 0 Å². The number of H-pyrrole nitrogens is 1. The van der Waals surface area contributed by atoms with E-state index in [9.17, 15) is 77.2 Å². The number of hydrogen-bond donors (Lipinski definition) is 11. The summed E-state index contributed by atoms with van der Waals surface area (Å²) in [4.78, 5) is 183. The Balaban J connectivity index is 0.000000379. The van der Waals surface area contributed by atoms with Crippen molar-refractivity contribution in [2.24, 2.45) is 11.7 Å². The number of aromatic nitrogens is 3. The second kappa shape index (κ2) is 51.5. The standard InChI is InChI=1S/C16H18ClNO6.C14H12ClNO5.C11H8ClN5O2.C11H9N5O2.C10H16O5.C8H6ClNO4.C8H8ClNO2.2CH4/c1-4-23-15(20)11(16(21)24-5-2)9-18-13-8-10(14(19)22-3)6-7-12(13)17;1-3-21-14(19)8-6-16-11-9(15)5-4-7(13(18)20-2)10(11)12(8)17;12-6-2-1-4-7-8(16-17-11(4)19)5(10(18)15-13)3-14-9(6)7;12-14-10(17)6-4-13-7-3-1-2-5-8(7)9(6)15-16-11(5)18;1-4-13-7-8(9(11)14-5-2)10(12)15-6-3;1-14-8(11)5-2-3-6(9)7(4-5)10(12)13;1-12-8(11)5-2-3-6(9)7(10)4-5;;/h6-9,18H,4-5H2,1-3H3;4-6H,3H2,1-2H3,(H,16,17);1-3,16H,13H2,(H,15,18)(H,17,19);1-4,15H,12H2,(H,14,17)(H,16,18);7H,4-6H2,1-3H3;2-4H,1H3;2-4H,10H2,1H3;2*1H4. The quantitative estimate of drug-likeness (QED) is 0.00272. The third kappa shape index (κ3) is 27.9. The number of esters is 9. The van der Waals surface area contributed by atoms with Crippen LogP contribution in [0.1, 0.15) is 150 Å². The molecule has 0 saturated heterocycles. The first kappa shape index (κ1) is 105. The Morgan fingerprint density at radius 3 is 1.42 bits per heavy atom. The number of nitrogen functional groups attached to an aromatic ring is 3. The predicted molar refractivity (Wildman–Crippen MR) is 462 cm³/mol. The van der Waals surface area contributed by atoms with Crippen LogP contribution in [-0.4, -0.2) is 165 Å². The zero-order valence-corrected chi connectivity index (χ0v) is 70.2. The smallest absolute Gasteiger partial charge is 0.348 e. The van der Waals surface area contributed by atoms with Crippen molar-refractivity contribution in [2.75, 3.05) is 90.0 Å². The lowest BCUT2D eigenvalue weighted by molar-refractivity contribution is -0.384. The Hall–Kier alpha value is -14.3. The minimum Gasteiger partial charge on any atom is -0.500 e. The number of nitro groups is 1. The number of pyridine rings is 3. The van der Waals surface area contributed by atoms with Crippen molar-refractivity contribution in [2.45, 2.75) is 56.4 Å². The molecule has 0 spiro atoms. The van der Waals surface area contributed by atoms with Crippen LogP contribution in [-0.2, 0) is 66.5 Å². The van der Waals surface area contributed by atoms with E-state index < -0.39 is 75.9 Å². The zero-order valence-electron chi connectivity index (χ0n) is 66.4. The molecule has 11 rings (SSSR count). The lowest BCUT2D eigenvalue weighted by atomic mass is 10.0. The summed E-state index contributed by atoms with van der Waals surface area (Å²) in [5.74, 6) is 2.48. The van der Waals surface area contributed by atoms with E-state index in [1.54, 1.807) is 84.0 Å². The molecule has 0 bridgehead atoms. The number of carbonyl (C=O) groups excluding carboxylic acids is 13. The minimum absolute atomic E-state index is 0. The summed E-state index contributed by atoms with van der Waals surface area (Å²) in [6.07, 6.45) is 6.16. The van der Waals surface area contributed by atoms with Crippen LogP contribution < -0.4 is 60.7 Å². The number of carbonyl (C=O) groups is 13. The molecule has 2 aliphatic rings. The maximum Gasteiger partial charge on any atom is 0.348 e. The number of amides is 4. The molecule has 0 fully saturated rings. The highest BCUT2D eigenvalue weighted by Crippen LogP contribution is 2.36. The fourth-order valence-corrected chi connectivity index (χ4v) is 11.0. The van der Waals surface area contributed by atoms with Crippen LogP contribution >= 0.6 is 58.0 Å². The van der Waals surface area contributed by atoms with Gasteiger partial charge in [-0.3, -0.25) is 76.6 Å². The number of hydrogen-bond acceptors (Lipinski definition) is 34. The van der Waals surface area contributed by atoms with Gasteiger partial charge in [-0.2, -0.15) is 0 Å². The largest absolute Gasteiger partial charge is 0.500 e. The van der Waals surface area contributed by atoms with Gasteiger partial charge in [0.2, 0.25) is 5.43 Å². The lowest BCUT2D eigenvalue weighted by Crippen LogP contribution is -2.36. The Morgan fingerprint density at radius 1 is 0.480 bits per heavy atom. The molecule has 0 aliphatic carbocycles. The van der Waals surface area contributed by atoms with E-state index in [0.717, 1.165) is 18.5 Å². The second-order valence-electron chi connectivity index (χ2n) is 23.2. The highest BCUT2D eigenvalue weighted by atomic mass is 35.5. The number of hydrazine groups is 4. The summed E-state index contributed by atoms with van der Waals surface area (Å²) in [5.41, 5.74) is 23.3. The molecule has 5 heterocycles. The van der Waals surface area contributed by atoms with Crippen LogP contribution in [0.25, 0.3) is 32.7 Å². The van der Waals surface area contributed by atoms with E-state index >= 15 is 0 Å². The van der Waals surface area contributed by atoms with Gasteiger partial charge in [0.05, 0.1) is 182 Å². The summed E-state index contributed by atoms with van der Waals surface area (Å²) in [6, 6.07) is 23.9. The highest BCUT2D eigenvalue weighted by molar-refractivity contribution is 6.37. The van der Waals surface area contributed by atoms with Crippen LogP contribution in [0.2, 0.25) is 25.1 Å². The maximum atomic E-state index is 12.5. The third-order valence-electron chi connectivity index (χ3n) is 15.7. The van der Waals surface area contributed by atoms with E-state index in [2.05, 4.69) is 70.4 Å². The number of rotatable bonds is 21. The van der Waals surface area contributed by atoms with Gasteiger partial charge in [0, 0.05) is 41.6 Å². The number of methoxy groups -OCH3 is 4. The van der Waals surface area contributed by atoms with Gasteiger partial charge >= 0.3 is 53.7 Å². The van der Waals surface area contributed by atoms with Crippen molar-refractivity contribution in [1.82, 2.24) is 36.7 Å². The number of nitrogens with two attached hydrogens (primary N) is 3. The molecule has 4 amide bonds. The molecule has 40 nitrogen and oxygen atoms in total. The van der Waals surface area contributed by atoms with Crippen molar-refractivity contribution in [1.29, 1.82) is 0 Å². The Bertz CT molecular complexity index is 5640. The molecule has 3 aromatic heterocycles. The Kier molecular flexibility index (Phi) is 43.2. The first-order chi connectivity index (χ1) is 58.7. The van der Waals surface area contributed by atoms with Gasteiger partial charge in [-0.25, -0.2) is 54.8 Å². The van der Waals surface area contributed by atoms with E-state index in [0.29, 0.717) is 77.9 Å². The van der Waals surface area contributed by atoms with Gasteiger partial charge in [0.1, 0.15) is 16.8 Å². The number of halogens is 5. The summed E-state index contributed by atoms with van der Waals surface area (Å²) in [6.45, 7) is 11.0. The highest BCUT2D eigenvalue weighted by Gasteiger charge is 2.29. The SMILES string of the molecule is C.C.CCOC(=O)C(=CNc1cc(C(=O)OC)ccc1Cl)C(=O)OCC.CCOC(=O)c1c[nH]c2c(Cl)ccc(C(=O)OC)c2c1=O.CCOC=C(C(=O)OCC)C(=O)OCC.COC(=O)c1ccc(Cl)c(N)c1.COC(=O)c1ccc(Cl)c([N+](=O)[O-])c1.NNC(=O)c1cnc2c(Cl)ccc3c2c1NNC3=O.NNC(=O)c1cnc2cccc3c2c1NNC3=O.